The fourth-order valence-electron chi connectivity index (χ4n) is 2.62. The molecule has 2 aromatic carbocycles. The molecule has 0 fully saturated rings. The number of H-pyrrole nitrogens is 1. The summed E-state index contributed by atoms with van der Waals surface area (Å²) in [6.45, 7) is 0.944. The highest BCUT2D eigenvalue weighted by atomic mass is 32.2. The summed E-state index contributed by atoms with van der Waals surface area (Å²) in [5.74, 6) is 0.842. The molecule has 2 N–H and O–H groups in total. The first-order valence-electron chi connectivity index (χ1n) is 8.87. The van der Waals surface area contributed by atoms with E-state index >= 15 is 0 Å². The number of amides is 1. The van der Waals surface area contributed by atoms with Gasteiger partial charge in [0.1, 0.15) is 5.75 Å². The molecule has 0 saturated carbocycles. The SMILES string of the molecule is COc1ccc(CNC(=O)CSc2n[nH]c(=O)n2CCc2ccccc2)cc1. The van der Waals surface area contributed by atoms with Crippen molar-refractivity contribution in [2.75, 3.05) is 12.9 Å². The third-order valence-electron chi connectivity index (χ3n) is 4.17. The van der Waals surface area contributed by atoms with Crippen LogP contribution in [0, 0.1) is 0 Å². The van der Waals surface area contributed by atoms with Crippen LogP contribution in [0.15, 0.2) is 64.5 Å². The number of hydrogen-bond donors (Lipinski definition) is 2. The number of benzene rings is 2. The quantitative estimate of drug-likeness (QED) is 0.540. The van der Waals surface area contributed by atoms with Gasteiger partial charge in [0, 0.05) is 13.1 Å². The van der Waals surface area contributed by atoms with Crippen LogP contribution < -0.4 is 15.7 Å². The molecular weight excluding hydrogens is 376 g/mol. The van der Waals surface area contributed by atoms with Gasteiger partial charge in [-0.2, -0.15) is 0 Å². The Hall–Kier alpha value is -3.00. The molecule has 7 nitrogen and oxygen atoms in total. The van der Waals surface area contributed by atoms with Crippen LogP contribution in [-0.2, 0) is 24.3 Å². The number of nitrogens with zero attached hydrogens (tertiary/aromatic N) is 2. The Morgan fingerprint density at radius 1 is 1.14 bits per heavy atom. The van der Waals surface area contributed by atoms with Crippen molar-refractivity contribution in [1.29, 1.82) is 0 Å². The van der Waals surface area contributed by atoms with Gasteiger partial charge in [0.05, 0.1) is 12.9 Å². The minimum absolute atomic E-state index is 0.120. The summed E-state index contributed by atoms with van der Waals surface area (Å²) in [4.78, 5) is 24.1. The van der Waals surface area contributed by atoms with Crippen LogP contribution in [-0.4, -0.2) is 33.5 Å². The molecule has 0 saturated heterocycles. The zero-order valence-corrected chi connectivity index (χ0v) is 16.4. The number of thioether (sulfide) groups is 1. The highest BCUT2D eigenvalue weighted by Gasteiger charge is 2.11. The molecule has 3 rings (SSSR count). The second-order valence-corrected chi connectivity index (χ2v) is 7.05. The maximum Gasteiger partial charge on any atom is 0.343 e. The lowest BCUT2D eigenvalue weighted by Gasteiger charge is -2.07. The van der Waals surface area contributed by atoms with Gasteiger partial charge in [-0.3, -0.25) is 9.36 Å². The van der Waals surface area contributed by atoms with Crippen LogP contribution in [0.5, 0.6) is 5.75 Å². The van der Waals surface area contributed by atoms with E-state index in [1.54, 1.807) is 11.7 Å². The normalized spacial score (nSPS) is 10.6. The summed E-state index contributed by atoms with van der Waals surface area (Å²) in [5.41, 5.74) is 1.86. The summed E-state index contributed by atoms with van der Waals surface area (Å²) in [7, 11) is 1.61. The second-order valence-electron chi connectivity index (χ2n) is 6.11. The maximum absolute atomic E-state index is 12.1. The van der Waals surface area contributed by atoms with E-state index in [1.807, 2.05) is 54.6 Å². The Bertz CT molecular complexity index is 952. The average Bonchev–Trinajstić information content (AvgIpc) is 3.09. The molecule has 0 radical (unpaired) electrons. The van der Waals surface area contributed by atoms with E-state index in [9.17, 15) is 9.59 Å². The molecule has 0 bridgehead atoms. The van der Waals surface area contributed by atoms with Crippen LogP contribution in [0.2, 0.25) is 0 Å². The lowest BCUT2D eigenvalue weighted by Crippen LogP contribution is -2.25. The van der Waals surface area contributed by atoms with Crippen molar-refractivity contribution < 1.29 is 9.53 Å². The van der Waals surface area contributed by atoms with Crippen LogP contribution in [0.1, 0.15) is 11.1 Å². The van der Waals surface area contributed by atoms with Gasteiger partial charge in [-0.1, -0.05) is 54.2 Å². The highest BCUT2D eigenvalue weighted by Crippen LogP contribution is 2.14. The molecular formula is C20H22N4O3S. The average molecular weight is 398 g/mol. The first-order valence-corrected chi connectivity index (χ1v) is 9.86. The molecule has 1 amide bonds. The Balaban J connectivity index is 1.49. The first-order chi connectivity index (χ1) is 13.7. The molecule has 0 aliphatic heterocycles. The van der Waals surface area contributed by atoms with Gasteiger partial charge < -0.3 is 10.1 Å². The summed E-state index contributed by atoms with van der Waals surface area (Å²) < 4.78 is 6.68. The standard InChI is InChI=1S/C20H22N4O3S/c1-27-17-9-7-16(8-10-17)13-21-18(25)14-28-20-23-22-19(26)24(20)12-11-15-5-3-2-4-6-15/h2-10H,11-14H2,1H3,(H,21,25)(H,22,26). The smallest absolute Gasteiger partial charge is 0.343 e. The van der Waals surface area contributed by atoms with Gasteiger partial charge in [0.25, 0.3) is 0 Å². The number of carbonyl (C=O) groups is 1. The number of carbonyl (C=O) groups excluding carboxylic acids is 1. The van der Waals surface area contributed by atoms with Crippen molar-refractivity contribution in [3.8, 4) is 5.75 Å². The van der Waals surface area contributed by atoms with E-state index in [1.165, 1.54) is 11.8 Å². The molecule has 3 aromatic rings. The minimum Gasteiger partial charge on any atom is -0.497 e. The largest absolute Gasteiger partial charge is 0.497 e. The number of aromatic nitrogens is 3. The van der Waals surface area contributed by atoms with Crippen molar-refractivity contribution in [2.24, 2.45) is 0 Å². The summed E-state index contributed by atoms with van der Waals surface area (Å²) in [6.07, 6.45) is 0.720. The van der Waals surface area contributed by atoms with Crippen molar-refractivity contribution in [1.82, 2.24) is 20.1 Å². The predicted molar refractivity (Wildman–Crippen MR) is 109 cm³/mol. The van der Waals surface area contributed by atoms with Gasteiger partial charge in [-0.25, -0.2) is 9.89 Å². The summed E-state index contributed by atoms with van der Waals surface area (Å²) in [5, 5.41) is 9.87. The fraction of sp³-hybridized carbons (Fsp3) is 0.250. The summed E-state index contributed by atoms with van der Waals surface area (Å²) >= 11 is 1.24. The molecule has 8 heteroatoms. The third-order valence-corrected chi connectivity index (χ3v) is 5.15. The third kappa shape index (κ3) is 5.50. The Labute approximate surface area is 167 Å². The molecule has 1 heterocycles. The number of aromatic amines is 1. The topological polar surface area (TPSA) is 89.0 Å². The summed E-state index contributed by atoms with van der Waals surface area (Å²) in [6, 6.07) is 17.4. The lowest BCUT2D eigenvalue weighted by atomic mass is 10.1. The zero-order chi connectivity index (χ0) is 19.8. The van der Waals surface area contributed by atoms with Crippen LogP contribution in [0.25, 0.3) is 0 Å². The van der Waals surface area contributed by atoms with Crippen molar-refractivity contribution in [3.05, 3.63) is 76.2 Å². The minimum atomic E-state index is -0.267. The molecule has 1 aromatic heterocycles. The van der Waals surface area contributed by atoms with Crippen LogP contribution >= 0.6 is 11.8 Å². The number of ether oxygens (including phenoxy) is 1. The molecule has 0 unspecified atom stereocenters. The van der Waals surface area contributed by atoms with Gasteiger partial charge in [-0.05, 0) is 29.7 Å². The second kappa shape index (κ2) is 9.80. The number of hydrogen-bond acceptors (Lipinski definition) is 5. The Kier molecular flexibility index (Phi) is 6.91. The predicted octanol–water partition coefficient (Wildman–Crippen LogP) is 2.23. The molecule has 0 aliphatic carbocycles. The molecule has 146 valence electrons. The molecule has 0 spiro atoms. The van der Waals surface area contributed by atoms with Gasteiger partial charge in [0.2, 0.25) is 5.91 Å². The number of rotatable bonds is 9. The number of aryl methyl sites for hydroxylation is 1. The van der Waals surface area contributed by atoms with E-state index in [2.05, 4.69) is 15.5 Å². The van der Waals surface area contributed by atoms with Gasteiger partial charge in [-0.15, -0.1) is 5.10 Å². The monoisotopic (exact) mass is 398 g/mol. The van der Waals surface area contributed by atoms with E-state index in [-0.39, 0.29) is 17.3 Å². The number of methoxy groups -OCH3 is 1. The zero-order valence-electron chi connectivity index (χ0n) is 15.6. The van der Waals surface area contributed by atoms with Gasteiger partial charge in [0.15, 0.2) is 5.16 Å². The van der Waals surface area contributed by atoms with Gasteiger partial charge >= 0.3 is 5.69 Å². The number of nitrogens with one attached hydrogen (secondary N) is 2. The van der Waals surface area contributed by atoms with E-state index in [4.69, 9.17) is 4.74 Å². The van der Waals surface area contributed by atoms with Crippen molar-refractivity contribution in [3.63, 3.8) is 0 Å². The van der Waals surface area contributed by atoms with E-state index in [0.29, 0.717) is 18.2 Å². The first kappa shape index (κ1) is 19.8. The lowest BCUT2D eigenvalue weighted by molar-refractivity contribution is -0.118. The van der Waals surface area contributed by atoms with Crippen LogP contribution in [0.3, 0.4) is 0 Å². The van der Waals surface area contributed by atoms with Crippen molar-refractivity contribution in [2.45, 2.75) is 24.7 Å². The Morgan fingerprint density at radius 3 is 2.61 bits per heavy atom. The molecule has 0 aliphatic rings. The van der Waals surface area contributed by atoms with E-state index < -0.39 is 0 Å². The van der Waals surface area contributed by atoms with Crippen LogP contribution in [0.4, 0.5) is 0 Å². The highest BCUT2D eigenvalue weighted by molar-refractivity contribution is 7.99. The maximum atomic E-state index is 12.1. The molecule has 28 heavy (non-hydrogen) atoms. The van der Waals surface area contributed by atoms with Crippen molar-refractivity contribution >= 4 is 17.7 Å². The Morgan fingerprint density at radius 2 is 1.89 bits per heavy atom. The molecule has 0 atom stereocenters. The fourth-order valence-corrected chi connectivity index (χ4v) is 3.42. The van der Waals surface area contributed by atoms with E-state index in [0.717, 1.165) is 23.3 Å².